The minimum atomic E-state index is -0.600. The van der Waals surface area contributed by atoms with Crippen molar-refractivity contribution in [3.8, 4) is 55.6 Å². The molecule has 16 aromatic rings. The van der Waals surface area contributed by atoms with Gasteiger partial charge in [-0.2, -0.15) is 0 Å². The van der Waals surface area contributed by atoms with E-state index in [1.54, 1.807) is 0 Å². The van der Waals surface area contributed by atoms with Gasteiger partial charge in [0.2, 0.25) is 0 Å². The molecule has 0 radical (unpaired) electrons. The molecule has 4 heteroatoms. The summed E-state index contributed by atoms with van der Waals surface area (Å²) in [5.41, 5.74) is 33.3. The first-order valence-electron chi connectivity index (χ1n) is 37.0. The highest BCUT2D eigenvalue weighted by Crippen LogP contribution is 2.60. The Bertz CT molecular complexity index is 5590. The fraction of sp³-hybridized carbons (Fsp3) is 0.0588. The molecule has 2 nitrogen and oxygen atoms in total. The second-order valence-electron chi connectivity index (χ2n) is 28.5. The summed E-state index contributed by atoms with van der Waals surface area (Å²) in [5.74, 6) is 0. The maximum atomic E-state index is 2.49. The first-order valence-corrected chi connectivity index (χ1v) is 38.6. The molecule has 106 heavy (non-hydrogen) atoms. The number of hydrogen-bond acceptors (Lipinski definition) is 4. The number of nitrogens with zero attached hydrogens (tertiary/aromatic N) is 2. The van der Waals surface area contributed by atoms with E-state index in [9.17, 15) is 0 Å². The molecular weight excluding hydrogens is 1320 g/mol. The van der Waals surface area contributed by atoms with E-state index >= 15 is 0 Å². The van der Waals surface area contributed by atoms with Crippen LogP contribution in [0.25, 0.3) is 55.6 Å². The third-order valence-corrected chi connectivity index (χ3v) is 24.8. The van der Waals surface area contributed by atoms with Gasteiger partial charge in [0.25, 0.3) is 0 Å². The van der Waals surface area contributed by atoms with Crippen LogP contribution in [0.4, 0.5) is 34.1 Å². The summed E-state index contributed by atoms with van der Waals surface area (Å²) in [5, 5.41) is 0. The van der Waals surface area contributed by atoms with E-state index in [2.05, 4.69) is 398 Å². The minimum Gasteiger partial charge on any atom is -0.310 e. The average molecular weight is 1390 g/mol. The highest BCUT2D eigenvalue weighted by atomic mass is 32.2. The largest absolute Gasteiger partial charge is 0.310 e. The van der Waals surface area contributed by atoms with E-state index < -0.39 is 10.8 Å². The lowest BCUT2D eigenvalue weighted by atomic mass is 9.67. The molecule has 0 amide bonds. The van der Waals surface area contributed by atoms with Crippen molar-refractivity contribution in [3.05, 3.63) is 455 Å². The van der Waals surface area contributed by atoms with Crippen molar-refractivity contribution in [2.75, 3.05) is 9.80 Å². The molecule has 0 bridgehead atoms. The van der Waals surface area contributed by atoms with Gasteiger partial charge in [-0.15, -0.1) is 0 Å². The first-order chi connectivity index (χ1) is 52.5. The third-order valence-electron chi connectivity index (χ3n) is 22.8. The van der Waals surface area contributed by atoms with Crippen LogP contribution in [0.15, 0.2) is 408 Å². The summed E-state index contributed by atoms with van der Waals surface area (Å²) in [6.45, 7) is 0. The van der Waals surface area contributed by atoms with Crippen LogP contribution in [0, 0.1) is 0 Å². The Labute approximate surface area is 629 Å². The monoisotopic (exact) mass is 1390 g/mol. The summed E-state index contributed by atoms with van der Waals surface area (Å²) in [6, 6.07) is 146. The van der Waals surface area contributed by atoms with Crippen LogP contribution < -0.4 is 9.80 Å². The topological polar surface area (TPSA) is 6.48 Å². The van der Waals surface area contributed by atoms with Crippen molar-refractivity contribution >= 4 is 57.6 Å². The molecule has 0 aliphatic heterocycles. The Morgan fingerprint density at radius 2 is 0.462 bits per heavy atom. The fourth-order valence-electron chi connectivity index (χ4n) is 17.4. The molecule has 4 aliphatic carbocycles. The van der Waals surface area contributed by atoms with Crippen LogP contribution in [0.5, 0.6) is 0 Å². The molecule has 0 aromatic heterocycles. The Balaban J connectivity index is 0.679. The lowest BCUT2D eigenvalue weighted by molar-refractivity contribution is 0.767. The van der Waals surface area contributed by atoms with Crippen LogP contribution in [-0.2, 0) is 36.5 Å². The van der Waals surface area contributed by atoms with Crippen LogP contribution in [-0.4, -0.2) is 0 Å². The molecule has 0 heterocycles. The molecule has 0 saturated heterocycles. The molecule has 4 aliphatic rings. The zero-order valence-corrected chi connectivity index (χ0v) is 60.1. The number of rotatable bonds is 17. The molecule has 0 fully saturated rings. The van der Waals surface area contributed by atoms with Gasteiger partial charge in [0.15, 0.2) is 0 Å². The average Bonchev–Trinajstić information content (AvgIpc) is 1.54. The van der Waals surface area contributed by atoms with E-state index in [0.717, 1.165) is 45.3 Å². The summed E-state index contributed by atoms with van der Waals surface area (Å²) < 4.78 is 0. The van der Waals surface area contributed by atoms with Gasteiger partial charge in [-0.05, 0) is 269 Å². The Morgan fingerprint density at radius 3 is 0.792 bits per heavy atom. The van der Waals surface area contributed by atoms with Crippen molar-refractivity contribution in [1.29, 1.82) is 0 Å². The van der Waals surface area contributed by atoms with Gasteiger partial charge in [0.05, 0.1) is 10.8 Å². The zero-order chi connectivity index (χ0) is 70.1. The van der Waals surface area contributed by atoms with Gasteiger partial charge in [-0.1, -0.05) is 290 Å². The minimum absolute atomic E-state index is 0.600. The Morgan fingerprint density at radius 1 is 0.189 bits per heavy atom. The van der Waals surface area contributed by atoms with Gasteiger partial charge >= 0.3 is 0 Å². The summed E-state index contributed by atoms with van der Waals surface area (Å²) in [4.78, 5) is 9.95. The Hall–Kier alpha value is -12.2. The molecule has 502 valence electrons. The molecule has 2 atom stereocenters. The summed E-state index contributed by atoms with van der Waals surface area (Å²) >= 11 is 3.71. The van der Waals surface area contributed by atoms with Crippen LogP contribution in [0.3, 0.4) is 0 Å². The predicted molar refractivity (Wildman–Crippen MR) is 443 cm³/mol. The normalized spacial score (nSPS) is 15.4. The highest BCUT2D eigenvalue weighted by Gasteiger charge is 2.48. The molecule has 20 rings (SSSR count). The zero-order valence-electron chi connectivity index (χ0n) is 58.5. The van der Waals surface area contributed by atoms with E-state index in [0.29, 0.717) is 0 Å². The summed E-state index contributed by atoms with van der Waals surface area (Å²) in [7, 11) is 0. The molecular formula is C102H72N2S2. The van der Waals surface area contributed by atoms with Gasteiger partial charge < -0.3 is 9.80 Å². The van der Waals surface area contributed by atoms with Crippen molar-refractivity contribution in [2.45, 2.75) is 56.1 Å². The van der Waals surface area contributed by atoms with E-state index in [1.807, 2.05) is 23.5 Å². The maximum Gasteiger partial charge on any atom is 0.0714 e. The molecule has 0 spiro atoms. The first kappa shape index (κ1) is 63.5. The van der Waals surface area contributed by atoms with Gasteiger partial charge in [-0.3, -0.25) is 0 Å². The fourth-order valence-corrected chi connectivity index (χ4v) is 19.2. The Kier molecular flexibility index (Phi) is 15.9. The van der Waals surface area contributed by atoms with Gasteiger partial charge in [0, 0.05) is 53.7 Å². The van der Waals surface area contributed by atoms with Gasteiger partial charge in [0.1, 0.15) is 0 Å². The predicted octanol–water partition coefficient (Wildman–Crippen LogP) is 26.9. The third kappa shape index (κ3) is 10.9. The summed E-state index contributed by atoms with van der Waals surface area (Å²) in [6.07, 6.45) is 4.72. The van der Waals surface area contributed by atoms with Crippen molar-refractivity contribution in [3.63, 3.8) is 0 Å². The van der Waals surface area contributed by atoms with E-state index in [1.165, 1.54) is 157 Å². The van der Waals surface area contributed by atoms with Crippen LogP contribution in [0.1, 0.15) is 66.8 Å². The van der Waals surface area contributed by atoms with Crippen molar-refractivity contribution in [2.24, 2.45) is 0 Å². The number of aryl methyl sites for hydroxylation is 4. The maximum absolute atomic E-state index is 2.49. The second-order valence-corrected chi connectivity index (χ2v) is 30.8. The number of anilines is 6. The van der Waals surface area contributed by atoms with Crippen molar-refractivity contribution in [1.82, 2.24) is 0 Å². The second kappa shape index (κ2) is 26.5. The SMILES string of the molecule is c1ccc(-c2ccc(N(c3ccc(-c4ccc(N(c5ccc(-c6ccccc6)cc5)c5ccc6c(c5)C(c5ccccc5)(c5ccc(Sc7ccc8c(c7)CC8)cc5)c5ccccc5-6)cc4)cc3)c3ccc4c(c3)C(c3ccccc3)(c3ccc(Sc5ccc6c(c5)CC6)cc3)c3ccccc3-4)cc2)cc1. The standard InChI is InChI=1S/C102H72N2S2/c1-5-17-69(18-6-1)71-33-47-83(48-34-71)103(87-55-63-95-93-25-13-15-27-97(93)101(99(95)67-87,79-21-9-3-10-22-79)81-43-59-89(60-44-81)105-91-57-41-75-29-31-77(75)65-91)85-51-37-73(38-52-85)74-39-53-86(54-40-74)104(84-49-35-72(36-50-84)70-19-7-2-8-20-70)88-56-64-96-94-26-14-16-28-98(94)102(100(96)68-88,80-23-11-4-12-24-80)82-45-61-90(62-46-82)106-92-58-42-76-30-32-78(76)66-92/h1-28,33-68H,29-32H2. The molecule has 0 saturated carbocycles. The van der Waals surface area contributed by atoms with E-state index in [-0.39, 0.29) is 0 Å². The molecule has 16 aromatic carbocycles. The van der Waals surface area contributed by atoms with Crippen LogP contribution in [0.2, 0.25) is 0 Å². The molecule has 0 N–H and O–H groups in total. The smallest absolute Gasteiger partial charge is 0.0714 e. The molecule has 2 unspecified atom stereocenters. The number of fused-ring (bicyclic) bond motifs is 8. The van der Waals surface area contributed by atoms with Crippen LogP contribution >= 0.6 is 23.5 Å². The van der Waals surface area contributed by atoms with E-state index in [4.69, 9.17) is 0 Å². The van der Waals surface area contributed by atoms with Gasteiger partial charge in [-0.25, -0.2) is 0 Å². The number of benzene rings is 16. The van der Waals surface area contributed by atoms with Crippen molar-refractivity contribution < 1.29 is 0 Å². The lowest BCUT2D eigenvalue weighted by Gasteiger charge is -2.35. The highest BCUT2D eigenvalue weighted by molar-refractivity contribution is 7.99. The number of hydrogen-bond donors (Lipinski definition) is 0. The quantitative estimate of drug-likeness (QED) is 0.0896. The lowest BCUT2D eigenvalue weighted by Crippen LogP contribution is -2.28.